The van der Waals surface area contributed by atoms with Gasteiger partial charge in [-0.15, -0.1) is 0 Å². The lowest BCUT2D eigenvalue weighted by Crippen LogP contribution is -2.54. The molecule has 4 rings (SSSR count). The average Bonchev–Trinajstić information content (AvgIpc) is 3.06. The number of benzene rings is 1. The predicted octanol–water partition coefficient (Wildman–Crippen LogP) is 2.24. The van der Waals surface area contributed by atoms with Gasteiger partial charge in [0.25, 0.3) is 6.02 Å². The molecular formula is C21H19FN4O3. The molecule has 3 heterocycles. The predicted molar refractivity (Wildman–Crippen MR) is 102 cm³/mol. The van der Waals surface area contributed by atoms with Crippen LogP contribution in [0.15, 0.2) is 41.5 Å². The van der Waals surface area contributed by atoms with Crippen molar-refractivity contribution in [2.24, 2.45) is 10.7 Å². The normalized spacial score (nSPS) is 25.5. The second kappa shape index (κ2) is 6.94. The van der Waals surface area contributed by atoms with Crippen molar-refractivity contribution in [1.82, 2.24) is 4.98 Å². The summed E-state index contributed by atoms with van der Waals surface area (Å²) in [6, 6.07) is 9.55. The Balaban J connectivity index is 1.68. The minimum atomic E-state index is -1.01. The Kier molecular flexibility index (Phi) is 4.55. The summed E-state index contributed by atoms with van der Waals surface area (Å²) in [5.41, 5.74) is 5.53. The molecule has 0 spiro atoms. The van der Waals surface area contributed by atoms with Crippen LogP contribution in [0.25, 0.3) is 0 Å². The van der Waals surface area contributed by atoms with Crippen molar-refractivity contribution in [3.63, 3.8) is 0 Å². The number of rotatable bonds is 4. The first-order valence-corrected chi connectivity index (χ1v) is 9.17. The van der Waals surface area contributed by atoms with Gasteiger partial charge in [-0.3, -0.25) is 9.78 Å². The molecule has 1 saturated heterocycles. The van der Waals surface area contributed by atoms with Gasteiger partial charge in [-0.25, -0.2) is 9.38 Å². The number of nitrogens with zero attached hydrogens (tertiary/aromatic N) is 3. The Morgan fingerprint density at radius 1 is 1.38 bits per heavy atom. The monoisotopic (exact) mass is 394 g/mol. The highest BCUT2D eigenvalue weighted by Crippen LogP contribution is 2.50. The molecule has 7 nitrogen and oxygen atoms in total. The lowest BCUT2D eigenvalue weighted by Gasteiger charge is -2.42. The van der Waals surface area contributed by atoms with Crippen LogP contribution in [-0.2, 0) is 21.4 Å². The molecule has 1 fully saturated rings. The molecule has 2 aromatic rings. The zero-order chi connectivity index (χ0) is 20.6. The molecule has 2 atom stereocenters. The number of ether oxygens (including phenoxy) is 2. The summed E-state index contributed by atoms with van der Waals surface area (Å²) in [6.45, 7) is 2.39. The molecule has 0 bridgehead atoms. The maximum absolute atomic E-state index is 14.9. The Labute approximate surface area is 167 Å². The summed E-state index contributed by atoms with van der Waals surface area (Å²) in [7, 11) is 0. The minimum absolute atomic E-state index is 0.00404. The van der Waals surface area contributed by atoms with E-state index in [0.29, 0.717) is 29.7 Å². The second-order valence-electron chi connectivity index (χ2n) is 7.39. The number of nitrogens with two attached hydrogens (primary N) is 1. The van der Waals surface area contributed by atoms with E-state index in [1.807, 2.05) is 13.0 Å². The van der Waals surface area contributed by atoms with E-state index in [4.69, 9.17) is 20.5 Å². The fourth-order valence-corrected chi connectivity index (χ4v) is 3.96. The quantitative estimate of drug-likeness (QED) is 0.796. The first kappa shape index (κ1) is 19.0. The third-order valence-corrected chi connectivity index (χ3v) is 5.58. The van der Waals surface area contributed by atoms with Crippen LogP contribution in [0.2, 0.25) is 0 Å². The summed E-state index contributed by atoms with van der Waals surface area (Å²) < 4.78 is 26.1. The van der Waals surface area contributed by atoms with Gasteiger partial charge in [0.1, 0.15) is 35.3 Å². The first-order valence-electron chi connectivity index (χ1n) is 9.17. The molecule has 2 aliphatic heterocycles. The van der Waals surface area contributed by atoms with Gasteiger partial charge in [0.2, 0.25) is 0 Å². The zero-order valence-corrected chi connectivity index (χ0v) is 15.8. The lowest BCUT2D eigenvalue weighted by atomic mass is 9.74. The number of halogens is 1. The molecule has 1 aromatic carbocycles. The molecule has 8 heteroatoms. The van der Waals surface area contributed by atoms with Crippen LogP contribution < -0.4 is 5.73 Å². The number of aliphatic imine (C=N–C) groups is 1. The van der Waals surface area contributed by atoms with E-state index in [1.54, 1.807) is 12.1 Å². The molecule has 0 saturated carbocycles. The van der Waals surface area contributed by atoms with Gasteiger partial charge in [0.05, 0.1) is 12.2 Å². The summed E-state index contributed by atoms with van der Waals surface area (Å²) in [6.07, 6.45) is 1.84. The number of amidine groups is 1. The number of hydrogen-bond acceptors (Lipinski definition) is 7. The third kappa shape index (κ3) is 3.13. The Morgan fingerprint density at radius 3 is 2.93 bits per heavy atom. The minimum Gasteiger partial charge on any atom is -0.462 e. The van der Waals surface area contributed by atoms with Crippen molar-refractivity contribution in [3.8, 4) is 6.07 Å². The summed E-state index contributed by atoms with van der Waals surface area (Å²) in [5.74, 6) is -0.669. The third-order valence-electron chi connectivity index (χ3n) is 5.58. The van der Waals surface area contributed by atoms with E-state index >= 15 is 0 Å². The van der Waals surface area contributed by atoms with E-state index in [9.17, 15) is 9.18 Å². The number of aromatic nitrogens is 1. The Morgan fingerprint density at radius 2 is 2.21 bits per heavy atom. The van der Waals surface area contributed by atoms with Crippen molar-refractivity contribution >= 4 is 11.8 Å². The molecule has 0 aliphatic carbocycles. The highest BCUT2D eigenvalue weighted by molar-refractivity contribution is 5.95. The van der Waals surface area contributed by atoms with E-state index in [-0.39, 0.29) is 30.5 Å². The van der Waals surface area contributed by atoms with Crippen molar-refractivity contribution in [1.29, 1.82) is 5.26 Å². The van der Waals surface area contributed by atoms with Crippen molar-refractivity contribution in [2.75, 3.05) is 13.2 Å². The molecule has 29 heavy (non-hydrogen) atoms. The van der Waals surface area contributed by atoms with Gasteiger partial charge in [-0.1, -0.05) is 6.07 Å². The van der Waals surface area contributed by atoms with Crippen molar-refractivity contribution in [2.45, 2.75) is 30.9 Å². The first-order chi connectivity index (χ1) is 13.9. The van der Waals surface area contributed by atoms with E-state index in [1.165, 1.54) is 24.4 Å². The fraction of sp³-hybridized carbons (Fsp3) is 0.333. The van der Waals surface area contributed by atoms with Crippen molar-refractivity contribution in [3.05, 3.63) is 64.7 Å². The van der Waals surface area contributed by atoms with Crippen LogP contribution in [0, 0.1) is 17.1 Å². The van der Waals surface area contributed by atoms with Gasteiger partial charge < -0.3 is 15.2 Å². The topological polar surface area (TPSA) is 111 Å². The van der Waals surface area contributed by atoms with Gasteiger partial charge >= 0.3 is 0 Å². The number of ketones is 1. The zero-order valence-electron chi connectivity index (χ0n) is 15.8. The molecule has 0 radical (unpaired) electrons. The van der Waals surface area contributed by atoms with Crippen LogP contribution in [-0.4, -0.2) is 35.6 Å². The highest BCUT2D eigenvalue weighted by atomic mass is 19.1. The largest absolute Gasteiger partial charge is 0.462 e. The van der Waals surface area contributed by atoms with Crippen molar-refractivity contribution < 1.29 is 18.7 Å². The number of hydrogen-bond donors (Lipinski definition) is 1. The lowest BCUT2D eigenvalue weighted by molar-refractivity contribution is -0.0655. The number of nitriles is 1. The number of carbonyl (C=O) groups is 1. The molecule has 2 aliphatic rings. The fourth-order valence-electron chi connectivity index (χ4n) is 3.96. The number of pyridine rings is 1. The SMILES string of the molecule is C[C@]12COC(N)=N[C@@]1(c1cc(CC(=O)c3ccc(C#N)cn3)ccc1F)CCO2. The van der Waals surface area contributed by atoms with Crippen LogP contribution in [0.3, 0.4) is 0 Å². The summed E-state index contributed by atoms with van der Waals surface area (Å²) in [5, 5.41) is 8.85. The number of Topliss-reactive ketones (excluding diaryl/α,β-unsaturated/α-hetero) is 1. The smallest absolute Gasteiger partial charge is 0.283 e. The maximum Gasteiger partial charge on any atom is 0.283 e. The van der Waals surface area contributed by atoms with Crippen LogP contribution in [0.1, 0.15) is 40.5 Å². The van der Waals surface area contributed by atoms with Crippen LogP contribution >= 0.6 is 0 Å². The molecule has 0 amide bonds. The molecule has 148 valence electrons. The highest BCUT2D eigenvalue weighted by Gasteiger charge is 2.58. The van der Waals surface area contributed by atoms with E-state index < -0.39 is 17.0 Å². The Hall–Kier alpha value is -3.31. The number of fused-ring (bicyclic) bond motifs is 1. The maximum atomic E-state index is 14.9. The van der Waals surface area contributed by atoms with Crippen LogP contribution in [0.5, 0.6) is 0 Å². The average molecular weight is 394 g/mol. The standard InChI is InChI=1S/C21H19FN4O3/c1-20-12-28-19(24)26-21(20,6-7-29-20)15-8-13(2-4-16(15)22)9-18(27)17-5-3-14(10-23)11-25-17/h2-5,8,11H,6-7,9,12H2,1H3,(H2,24,26)/t20-,21+/m0/s1. The summed E-state index contributed by atoms with van der Waals surface area (Å²) in [4.78, 5) is 21.1. The van der Waals surface area contributed by atoms with Gasteiger partial charge in [0.15, 0.2) is 5.78 Å². The van der Waals surface area contributed by atoms with Gasteiger partial charge in [0, 0.05) is 24.6 Å². The molecular weight excluding hydrogens is 375 g/mol. The van der Waals surface area contributed by atoms with Gasteiger partial charge in [-0.05, 0) is 36.8 Å². The molecule has 0 unspecified atom stereocenters. The molecule has 2 N–H and O–H groups in total. The summed E-state index contributed by atoms with van der Waals surface area (Å²) >= 11 is 0. The van der Waals surface area contributed by atoms with E-state index in [0.717, 1.165) is 0 Å². The Bertz CT molecular complexity index is 1050. The van der Waals surface area contributed by atoms with Gasteiger partial charge in [-0.2, -0.15) is 5.26 Å². The van der Waals surface area contributed by atoms with E-state index in [2.05, 4.69) is 9.98 Å². The second-order valence-corrected chi connectivity index (χ2v) is 7.39. The number of carbonyl (C=O) groups excluding carboxylic acids is 1. The van der Waals surface area contributed by atoms with Crippen LogP contribution in [0.4, 0.5) is 4.39 Å². The molecule has 1 aromatic heterocycles.